The maximum atomic E-state index is 11.3. The molecular weight excluding hydrogens is 272 g/mol. The van der Waals surface area contributed by atoms with Gasteiger partial charge in [0, 0.05) is 5.92 Å². The summed E-state index contributed by atoms with van der Waals surface area (Å²) < 4.78 is 6.32. The first-order chi connectivity index (χ1) is 7.70. The second-order valence-corrected chi connectivity index (χ2v) is 5.18. The molecule has 2 unspecified atom stereocenters. The van der Waals surface area contributed by atoms with Crippen LogP contribution >= 0.6 is 15.9 Å². The number of aliphatic carboxylic acids is 1. The monoisotopic (exact) mass is 286 g/mol. The van der Waals surface area contributed by atoms with Gasteiger partial charge in [0.1, 0.15) is 5.76 Å². The molecule has 4 heteroatoms. The maximum Gasteiger partial charge on any atom is 0.307 e. The molecule has 1 aliphatic rings. The van der Waals surface area contributed by atoms with Crippen LogP contribution in [-0.2, 0) is 4.79 Å². The predicted molar refractivity (Wildman–Crippen MR) is 63.4 cm³/mol. The third-order valence-corrected chi connectivity index (χ3v) is 3.97. The van der Waals surface area contributed by atoms with E-state index in [-0.39, 0.29) is 11.8 Å². The van der Waals surface area contributed by atoms with Gasteiger partial charge in [-0.15, -0.1) is 0 Å². The maximum absolute atomic E-state index is 11.3. The lowest BCUT2D eigenvalue weighted by Crippen LogP contribution is -2.21. The van der Waals surface area contributed by atoms with Crippen LogP contribution in [0.4, 0.5) is 0 Å². The molecule has 1 fully saturated rings. The Bertz CT molecular complexity index is 372. The van der Waals surface area contributed by atoms with E-state index in [1.54, 1.807) is 6.26 Å². The third kappa shape index (κ3) is 2.32. The van der Waals surface area contributed by atoms with Crippen LogP contribution in [0, 0.1) is 5.92 Å². The second-order valence-electron chi connectivity index (χ2n) is 4.32. The predicted octanol–water partition coefficient (Wildman–Crippen LogP) is 3.79. The fourth-order valence-electron chi connectivity index (χ4n) is 2.49. The SMILES string of the molecule is O=C(O)C1CCCCCC1c1occc1Br. The quantitative estimate of drug-likeness (QED) is 0.842. The van der Waals surface area contributed by atoms with Gasteiger partial charge < -0.3 is 9.52 Å². The topological polar surface area (TPSA) is 50.4 Å². The summed E-state index contributed by atoms with van der Waals surface area (Å²) in [7, 11) is 0. The van der Waals surface area contributed by atoms with E-state index in [2.05, 4.69) is 15.9 Å². The van der Waals surface area contributed by atoms with Crippen LogP contribution in [0.3, 0.4) is 0 Å². The normalized spacial score (nSPS) is 26.3. The minimum absolute atomic E-state index is 0.0179. The van der Waals surface area contributed by atoms with Crippen molar-refractivity contribution < 1.29 is 14.3 Å². The van der Waals surface area contributed by atoms with Gasteiger partial charge >= 0.3 is 5.97 Å². The van der Waals surface area contributed by atoms with Crippen molar-refractivity contribution in [2.24, 2.45) is 5.92 Å². The van der Waals surface area contributed by atoms with Crippen LogP contribution in [-0.4, -0.2) is 11.1 Å². The number of halogens is 1. The highest BCUT2D eigenvalue weighted by Gasteiger charge is 2.33. The van der Waals surface area contributed by atoms with Gasteiger partial charge in [0.2, 0.25) is 0 Å². The van der Waals surface area contributed by atoms with Crippen LogP contribution in [0.25, 0.3) is 0 Å². The van der Waals surface area contributed by atoms with Gasteiger partial charge in [0.15, 0.2) is 0 Å². The van der Waals surface area contributed by atoms with Gasteiger partial charge in [0.25, 0.3) is 0 Å². The summed E-state index contributed by atoms with van der Waals surface area (Å²) >= 11 is 3.42. The summed E-state index contributed by atoms with van der Waals surface area (Å²) in [5, 5.41) is 9.27. The number of rotatable bonds is 2. The van der Waals surface area contributed by atoms with E-state index in [9.17, 15) is 9.90 Å². The summed E-state index contributed by atoms with van der Waals surface area (Å²) in [6.07, 6.45) is 6.49. The highest BCUT2D eigenvalue weighted by atomic mass is 79.9. The Hall–Kier alpha value is -0.770. The van der Waals surface area contributed by atoms with Crippen molar-refractivity contribution in [2.45, 2.75) is 38.0 Å². The number of carboxylic acid groups (broad SMARTS) is 1. The fraction of sp³-hybridized carbons (Fsp3) is 0.583. The number of furan rings is 1. The van der Waals surface area contributed by atoms with Crippen molar-refractivity contribution in [1.29, 1.82) is 0 Å². The molecule has 0 radical (unpaired) electrons. The average molecular weight is 287 g/mol. The fourth-order valence-corrected chi connectivity index (χ4v) is 2.98. The molecule has 0 aliphatic heterocycles. The number of carboxylic acids is 1. The van der Waals surface area contributed by atoms with E-state index in [0.29, 0.717) is 0 Å². The molecule has 1 heterocycles. The molecule has 1 aromatic heterocycles. The third-order valence-electron chi connectivity index (χ3n) is 3.31. The lowest BCUT2D eigenvalue weighted by Gasteiger charge is -2.19. The summed E-state index contributed by atoms with van der Waals surface area (Å²) in [5.41, 5.74) is 0. The first-order valence-corrected chi connectivity index (χ1v) is 6.45. The van der Waals surface area contributed by atoms with Crippen molar-refractivity contribution >= 4 is 21.9 Å². The average Bonchev–Trinajstić information content (AvgIpc) is 2.54. The number of carbonyl (C=O) groups is 1. The smallest absolute Gasteiger partial charge is 0.307 e. The van der Waals surface area contributed by atoms with Gasteiger partial charge in [-0.25, -0.2) is 0 Å². The van der Waals surface area contributed by atoms with Crippen molar-refractivity contribution in [1.82, 2.24) is 0 Å². The molecule has 1 N–H and O–H groups in total. The zero-order chi connectivity index (χ0) is 11.5. The minimum atomic E-state index is -0.699. The molecule has 1 aromatic rings. The van der Waals surface area contributed by atoms with E-state index >= 15 is 0 Å². The van der Waals surface area contributed by atoms with Gasteiger partial charge in [-0.3, -0.25) is 4.79 Å². The largest absolute Gasteiger partial charge is 0.481 e. The van der Waals surface area contributed by atoms with Crippen molar-refractivity contribution in [3.05, 3.63) is 22.6 Å². The molecule has 0 bridgehead atoms. The lowest BCUT2D eigenvalue weighted by molar-refractivity contribution is -0.143. The van der Waals surface area contributed by atoms with Gasteiger partial charge in [-0.2, -0.15) is 0 Å². The molecular formula is C12H15BrO3. The van der Waals surface area contributed by atoms with E-state index in [1.165, 1.54) is 0 Å². The van der Waals surface area contributed by atoms with E-state index in [1.807, 2.05) is 6.07 Å². The Kier molecular flexibility index (Phi) is 3.69. The van der Waals surface area contributed by atoms with Crippen LogP contribution < -0.4 is 0 Å². The van der Waals surface area contributed by atoms with Gasteiger partial charge in [-0.05, 0) is 34.8 Å². The van der Waals surface area contributed by atoms with Gasteiger partial charge in [-0.1, -0.05) is 19.3 Å². The molecule has 3 nitrogen and oxygen atoms in total. The molecule has 2 atom stereocenters. The molecule has 88 valence electrons. The molecule has 1 aliphatic carbocycles. The summed E-state index contributed by atoms with van der Waals surface area (Å²) in [5.74, 6) is -0.182. The van der Waals surface area contributed by atoms with E-state index < -0.39 is 5.97 Å². The van der Waals surface area contributed by atoms with E-state index in [0.717, 1.165) is 42.3 Å². The first-order valence-electron chi connectivity index (χ1n) is 5.66. The standard InChI is InChI=1S/C12H15BrO3/c13-10-6-7-16-11(10)8-4-2-1-3-5-9(8)12(14)15/h6-9H,1-5H2,(H,14,15). The lowest BCUT2D eigenvalue weighted by atomic mass is 9.86. The number of hydrogen-bond donors (Lipinski definition) is 1. The molecule has 2 rings (SSSR count). The molecule has 0 aromatic carbocycles. The van der Waals surface area contributed by atoms with E-state index in [4.69, 9.17) is 4.42 Å². The Labute approximate surface area is 103 Å². The Balaban J connectivity index is 2.27. The second kappa shape index (κ2) is 5.04. The Morgan fingerprint density at radius 1 is 1.38 bits per heavy atom. The zero-order valence-electron chi connectivity index (χ0n) is 8.99. The summed E-state index contributed by atoms with van der Waals surface area (Å²) in [6.45, 7) is 0. The van der Waals surface area contributed by atoms with Crippen molar-refractivity contribution in [3.8, 4) is 0 Å². The highest BCUT2D eigenvalue weighted by molar-refractivity contribution is 9.10. The summed E-state index contributed by atoms with van der Waals surface area (Å²) in [4.78, 5) is 11.3. The molecule has 0 spiro atoms. The van der Waals surface area contributed by atoms with Crippen LogP contribution in [0.15, 0.2) is 21.2 Å². The first kappa shape index (κ1) is 11.7. The molecule has 1 saturated carbocycles. The van der Waals surface area contributed by atoms with Crippen LogP contribution in [0.1, 0.15) is 43.8 Å². The molecule has 0 saturated heterocycles. The summed E-state index contributed by atoms with van der Waals surface area (Å²) in [6, 6.07) is 1.83. The highest BCUT2D eigenvalue weighted by Crippen LogP contribution is 2.40. The van der Waals surface area contributed by atoms with Crippen molar-refractivity contribution in [3.63, 3.8) is 0 Å². The molecule has 16 heavy (non-hydrogen) atoms. The minimum Gasteiger partial charge on any atom is -0.481 e. The zero-order valence-corrected chi connectivity index (χ0v) is 10.6. The Morgan fingerprint density at radius 2 is 2.12 bits per heavy atom. The van der Waals surface area contributed by atoms with Crippen LogP contribution in [0.2, 0.25) is 0 Å². The van der Waals surface area contributed by atoms with Crippen molar-refractivity contribution in [2.75, 3.05) is 0 Å². The van der Waals surface area contributed by atoms with Gasteiger partial charge in [0.05, 0.1) is 16.7 Å². The molecule has 0 amide bonds. The number of hydrogen-bond acceptors (Lipinski definition) is 2. The van der Waals surface area contributed by atoms with Crippen LogP contribution in [0.5, 0.6) is 0 Å². The Morgan fingerprint density at radius 3 is 2.75 bits per heavy atom.